The molecule has 3 rings (SSSR count). The van der Waals surface area contributed by atoms with Gasteiger partial charge in [0.25, 0.3) is 0 Å². The number of benzene rings is 1. The van der Waals surface area contributed by atoms with Gasteiger partial charge in [0.2, 0.25) is 5.91 Å². The van der Waals surface area contributed by atoms with Crippen molar-refractivity contribution in [2.24, 2.45) is 0 Å². The molecule has 1 aliphatic heterocycles. The van der Waals surface area contributed by atoms with Gasteiger partial charge in [-0.15, -0.1) is 12.4 Å². The van der Waals surface area contributed by atoms with Gasteiger partial charge in [-0.05, 0) is 62.3 Å². The number of amides is 1. The summed E-state index contributed by atoms with van der Waals surface area (Å²) in [6.45, 7) is 3.18. The fourth-order valence-corrected chi connectivity index (χ4v) is 3.46. The lowest BCUT2D eigenvalue weighted by atomic mass is 10.00. The average Bonchev–Trinajstić information content (AvgIpc) is 2.86. The summed E-state index contributed by atoms with van der Waals surface area (Å²) in [6, 6.07) is 7.40. The number of hydrogen-bond donors (Lipinski definition) is 2. The summed E-state index contributed by atoms with van der Waals surface area (Å²) < 4.78 is 0. The van der Waals surface area contributed by atoms with Crippen molar-refractivity contribution in [2.75, 3.05) is 6.54 Å². The van der Waals surface area contributed by atoms with E-state index in [4.69, 9.17) is 0 Å². The Kier molecular flexibility index (Phi) is 5.65. The van der Waals surface area contributed by atoms with E-state index in [0.29, 0.717) is 18.5 Å². The van der Waals surface area contributed by atoms with Gasteiger partial charge in [0.05, 0.1) is 6.42 Å². The van der Waals surface area contributed by atoms with Crippen molar-refractivity contribution in [1.29, 1.82) is 0 Å². The van der Waals surface area contributed by atoms with E-state index in [2.05, 4.69) is 35.8 Å². The summed E-state index contributed by atoms with van der Waals surface area (Å²) >= 11 is 0. The molecule has 2 aliphatic rings. The lowest BCUT2D eigenvalue weighted by molar-refractivity contribution is -0.121. The van der Waals surface area contributed by atoms with E-state index in [9.17, 15) is 4.79 Å². The standard InChI is InChI=1S/C17H24N2O.ClH/c1-12-9-16(7-8-18-12)19-17(20)11-13-5-6-14-3-2-4-15(14)10-13;/h5-6,10,12,16,18H,2-4,7-9,11H2,1H3,(H,19,20);1H. The first-order valence-electron chi connectivity index (χ1n) is 7.84. The summed E-state index contributed by atoms with van der Waals surface area (Å²) in [5.74, 6) is 0.169. The molecular weight excluding hydrogens is 284 g/mol. The Morgan fingerprint density at radius 2 is 2.14 bits per heavy atom. The van der Waals surface area contributed by atoms with Gasteiger partial charge in [-0.25, -0.2) is 0 Å². The van der Waals surface area contributed by atoms with Crippen molar-refractivity contribution in [3.05, 3.63) is 34.9 Å². The van der Waals surface area contributed by atoms with Crippen molar-refractivity contribution < 1.29 is 4.79 Å². The minimum absolute atomic E-state index is 0. The highest BCUT2D eigenvalue weighted by molar-refractivity contribution is 5.85. The molecule has 2 N–H and O–H groups in total. The van der Waals surface area contributed by atoms with Gasteiger partial charge in [0.15, 0.2) is 0 Å². The molecule has 2 atom stereocenters. The maximum Gasteiger partial charge on any atom is 0.224 e. The number of piperidine rings is 1. The lowest BCUT2D eigenvalue weighted by Crippen LogP contribution is -2.46. The van der Waals surface area contributed by atoms with Gasteiger partial charge >= 0.3 is 0 Å². The normalized spacial score (nSPS) is 24.0. The van der Waals surface area contributed by atoms with Crippen molar-refractivity contribution in [3.63, 3.8) is 0 Å². The van der Waals surface area contributed by atoms with Gasteiger partial charge in [-0.1, -0.05) is 18.2 Å². The van der Waals surface area contributed by atoms with Crippen LogP contribution in [0.4, 0.5) is 0 Å². The van der Waals surface area contributed by atoms with Crippen LogP contribution in [0.3, 0.4) is 0 Å². The minimum atomic E-state index is 0. The van der Waals surface area contributed by atoms with Crippen LogP contribution in [-0.2, 0) is 24.1 Å². The predicted octanol–water partition coefficient (Wildman–Crippen LogP) is 2.40. The van der Waals surface area contributed by atoms with Gasteiger partial charge in [-0.2, -0.15) is 0 Å². The fourth-order valence-electron chi connectivity index (χ4n) is 3.46. The van der Waals surface area contributed by atoms with Crippen LogP contribution in [0, 0.1) is 0 Å². The summed E-state index contributed by atoms with van der Waals surface area (Å²) in [5.41, 5.74) is 4.08. The molecule has 116 valence electrons. The minimum Gasteiger partial charge on any atom is -0.353 e. The summed E-state index contributed by atoms with van der Waals surface area (Å²) in [7, 11) is 0. The van der Waals surface area contributed by atoms with Crippen LogP contribution >= 0.6 is 12.4 Å². The molecule has 2 unspecified atom stereocenters. The Hall–Kier alpha value is -1.06. The Bertz CT molecular complexity index is 504. The molecule has 21 heavy (non-hydrogen) atoms. The Labute approximate surface area is 133 Å². The Morgan fingerprint density at radius 3 is 2.95 bits per heavy atom. The van der Waals surface area contributed by atoms with Crippen molar-refractivity contribution in [3.8, 4) is 0 Å². The second-order valence-corrected chi connectivity index (χ2v) is 6.28. The Balaban J connectivity index is 0.00000161. The third kappa shape index (κ3) is 4.21. The summed E-state index contributed by atoms with van der Waals surface area (Å²) in [6.07, 6.45) is 6.24. The number of aryl methyl sites for hydroxylation is 2. The molecule has 1 fully saturated rings. The second-order valence-electron chi connectivity index (χ2n) is 6.28. The first kappa shape index (κ1) is 16.3. The highest BCUT2D eigenvalue weighted by Gasteiger charge is 2.20. The molecule has 0 radical (unpaired) electrons. The van der Waals surface area contributed by atoms with Gasteiger partial charge in [0, 0.05) is 12.1 Å². The number of halogens is 1. The first-order chi connectivity index (χ1) is 9.70. The van der Waals surface area contributed by atoms with E-state index >= 15 is 0 Å². The molecule has 1 aromatic carbocycles. The second kappa shape index (κ2) is 7.28. The quantitative estimate of drug-likeness (QED) is 0.900. The maximum atomic E-state index is 12.2. The van der Waals surface area contributed by atoms with Crippen LogP contribution in [0.15, 0.2) is 18.2 Å². The van der Waals surface area contributed by atoms with E-state index in [1.54, 1.807) is 0 Å². The molecule has 1 aromatic rings. The lowest BCUT2D eigenvalue weighted by Gasteiger charge is -2.28. The number of hydrogen-bond acceptors (Lipinski definition) is 2. The molecule has 0 bridgehead atoms. The van der Waals surface area contributed by atoms with Gasteiger partial charge in [-0.3, -0.25) is 4.79 Å². The topological polar surface area (TPSA) is 41.1 Å². The fraction of sp³-hybridized carbons (Fsp3) is 0.588. The highest BCUT2D eigenvalue weighted by Crippen LogP contribution is 2.23. The molecule has 1 saturated heterocycles. The maximum absolute atomic E-state index is 12.2. The molecule has 0 aromatic heterocycles. The highest BCUT2D eigenvalue weighted by atomic mass is 35.5. The Morgan fingerprint density at radius 1 is 1.33 bits per heavy atom. The molecular formula is C17H25ClN2O. The average molecular weight is 309 g/mol. The summed E-state index contributed by atoms with van der Waals surface area (Å²) in [4.78, 5) is 12.2. The van der Waals surface area contributed by atoms with Crippen LogP contribution in [0.2, 0.25) is 0 Å². The SMILES string of the molecule is CC1CC(NC(=O)Cc2ccc3c(c2)CCC3)CCN1.Cl. The van der Waals surface area contributed by atoms with E-state index in [1.807, 2.05) is 0 Å². The van der Waals surface area contributed by atoms with E-state index in [1.165, 1.54) is 30.4 Å². The molecule has 1 amide bonds. The largest absolute Gasteiger partial charge is 0.353 e. The molecule has 3 nitrogen and oxygen atoms in total. The molecule has 0 spiro atoms. The number of fused-ring (bicyclic) bond motifs is 1. The van der Waals surface area contributed by atoms with Crippen LogP contribution in [0.1, 0.15) is 42.9 Å². The number of nitrogens with one attached hydrogen (secondary N) is 2. The first-order valence-corrected chi connectivity index (χ1v) is 7.84. The zero-order chi connectivity index (χ0) is 13.9. The monoisotopic (exact) mass is 308 g/mol. The third-order valence-corrected chi connectivity index (χ3v) is 4.52. The third-order valence-electron chi connectivity index (χ3n) is 4.52. The number of rotatable bonds is 3. The molecule has 0 saturated carbocycles. The molecule has 4 heteroatoms. The van der Waals surface area contributed by atoms with E-state index in [0.717, 1.165) is 24.9 Å². The summed E-state index contributed by atoms with van der Waals surface area (Å²) in [5, 5.41) is 6.60. The van der Waals surface area contributed by atoms with Gasteiger partial charge in [0.1, 0.15) is 0 Å². The zero-order valence-electron chi connectivity index (χ0n) is 12.7. The van der Waals surface area contributed by atoms with Crippen LogP contribution in [0.5, 0.6) is 0 Å². The predicted molar refractivity (Wildman–Crippen MR) is 88.0 cm³/mol. The zero-order valence-corrected chi connectivity index (χ0v) is 13.5. The van der Waals surface area contributed by atoms with Crippen molar-refractivity contribution in [1.82, 2.24) is 10.6 Å². The van der Waals surface area contributed by atoms with Gasteiger partial charge < -0.3 is 10.6 Å². The number of carbonyl (C=O) groups excluding carboxylic acids is 1. The van der Waals surface area contributed by atoms with Crippen LogP contribution in [-0.4, -0.2) is 24.5 Å². The van der Waals surface area contributed by atoms with Crippen LogP contribution in [0.25, 0.3) is 0 Å². The van der Waals surface area contributed by atoms with Crippen molar-refractivity contribution >= 4 is 18.3 Å². The molecule has 1 aliphatic carbocycles. The molecule has 1 heterocycles. The van der Waals surface area contributed by atoms with Crippen molar-refractivity contribution in [2.45, 2.75) is 57.5 Å². The smallest absolute Gasteiger partial charge is 0.224 e. The number of carbonyl (C=O) groups is 1. The van der Waals surface area contributed by atoms with E-state index < -0.39 is 0 Å². The van der Waals surface area contributed by atoms with E-state index in [-0.39, 0.29) is 18.3 Å². The van der Waals surface area contributed by atoms with Crippen LogP contribution < -0.4 is 10.6 Å².